The molecule has 0 spiro atoms. The summed E-state index contributed by atoms with van der Waals surface area (Å²) in [6.07, 6.45) is 1.21. The van der Waals surface area contributed by atoms with Crippen molar-refractivity contribution in [3.8, 4) is 0 Å². The summed E-state index contributed by atoms with van der Waals surface area (Å²) in [4.78, 5) is 44.5. The first-order chi connectivity index (χ1) is 14.6. The van der Waals surface area contributed by atoms with Crippen LogP contribution in [0.15, 0.2) is 49.2 Å². The van der Waals surface area contributed by atoms with Crippen LogP contribution in [0.4, 0.5) is 0 Å². The van der Waals surface area contributed by atoms with E-state index in [9.17, 15) is 19.5 Å². The summed E-state index contributed by atoms with van der Waals surface area (Å²) < 4.78 is 2.98. The second-order valence-electron chi connectivity index (χ2n) is 8.06. The third-order valence-electron chi connectivity index (χ3n) is 5.61. The van der Waals surface area contributed by atoms with Gasteiger partial charge in [0.2, 0.25) is 5.91 Å². The fourth-order valence-electron chi connectivity index (χ4n) is 4.05. The summed E-state index contributed by atoms with van der Waals surface area (Å²) in [5, 5.41) is 11.1. The molecule has 7 nitrogen and oxygen atoms in total. The van der Waals surface area contributed by atoms with Gasteiger partial charge in [0.1, 0.15) is 24.1 Å². The number of hydrogen-bond donors (Lipinski definition) is 1. The topological polar surface area (TPSA) is 96.8 Å². The van der Waals surface area contributed by atoms with E-state index in [4.69, 9.17) is 4.74 Å². The minimum Gasteiger partial charge on any atom is -0.460 e. The third-order valence-corrected chi connectivity index (χ3v) is 8.78. The normalized spacial score (nSPS) is 27.4. The number of aliphatic hydroxyl groups excluding tert-OH is 1. The zero-order valence-corrected chi connectivity index (χ0v) is 19.4. The van der Waals surface area contributed by atoms with Gasteiger partial charge in [-0.05, 0) is 26.0 Å². The Morgan fingerprint density at radius 3 is 2.84 bits per heavy atom. The van der Waals surface area contributed by atoms with Gasteiger partial charge in [-0.1, -0.05) is 46.8 Å². The van der Waals surface area contributed by atoms with Crippen molar-refractivity contribution in [3.63, 3.8) is 0 Å². The minimum absolute atomic E-state index is 0.0400. The summed E-state index contributed by atoms with van der Waals surface area (Å²) in [5.41, 5.74) is 0.933. The number of esters is 1. The van der Waals surface area contributed by atoms with Gasteiger partial charge in [-0.3, -0.25) is 14.6 Å². The van der Waals surface area contributed by atoms with Crippen LogP contribution in [0.1, 0.15) is 24.2 Å². The van der Waals surface area contributed by atoms with Gasteiger partial charge < -0.3 is 14.7 Å². The number of Topliss-reactive ketones (excluding diaryl/α,β-unsaturated/α-hetero) is 1. The first-order valence-corrected chi connectivity index (χ1v) is 11.3. The number of thioether (sulfide) groups is 1. The first-order valence-electron chi connectivity index (χ1n) is 9.67. The van der Waals surface area contributed by atoms with Gasteiger partial charge in [-0.2, -0.15) is 0 Å². The predicted octanol–water partition coefficient (Wildman–Crippen LogP) is 2.70. The molecule has 4 atom stereocenters. The average Bonchev–Trinajstić information content (AvgIpc) is 3.04. The van der Waals surface area contributed by atoms with Crippen LogP contribution in [0.2, 0.25) is 0 Å². The van der Waals surface area contributed by atoms with E-state index in [0.29, 0.717) is 0 Å². The number of amides is 1. The summed E-state index contributed by atoms with van der Waals surface area (Å²) in [5.74, 6) is -1.67. The van der Waals surface area contributed by atoms with Crippen molar-refractivity contribution in [1.29, 1.82) is 0 Å². The SMILES string of the molecule is C=CCOC(=O)[C@@H]1N2C(=O)C(Br)([C@H](O)C(=O)c3cnc4ccccc4c3)[C@H]2SC1(C)C. The predicted molar refractivity (Wildman–Crippen MR) is 121 cm³/mol. The number of aliphatic hydroxyl groups is 1. The molecule has 2 aliphatic heterocycles. The fraction of sp³-hybridized carbons (Fsp3) is 0.364. The van der Waals surface area contributed by atoms with Crippen molar-refractivity contribution in [3.05, 3.63) is 54.7 Å². The van der Waals surface area contributed by atoms with Crippen LogP contribution >= 0.6 is 27.7 Å². The third kappa shape index (κ3) is 3.30. The average molecular weight is 505 g/mol. The Balaban J connectivity index is 1.61. The number of carbonyl (C=O) groups excluding carboxylic acids is 3. The largest absolute Gasteiger partial charge is 0.460 e. The quantitative estimate of drug-likeness (QED) is 0.212. The summed E-state index contributed by atoms with van der Waals surface area (Å²) in [7, 11) is 0. The van der Waals surface area contributed by atoms with Crippen molar-refractivity contribution in [2.45, 2.75) is 40.4 Å². The first kappa shape index (κ1) is 22.0. The molecule has 2 fully saturated rings. The molecule has 2 aromatic rings. The zero-order valence-electron chi connectivity index (χ0n) is 16.9. The molecule has 1 aromatic carbocycles. The molecule has 0 saturated carbocycles. The number of halogens is 1. The maximum absolute atomic E-state index is 13.1. The van der Waals surface area contributed by atoms with E-state index in [1.807, 2.05) is 38.1 Å². The number of aromatic nitrogens is 1. The molecular formula is C22H21BrN2O5S. The molecule has 162 valence electrons. The highest BCUT2D eigenvalue weighted by Gasteiger charge is 2.74. The Morgan fingerprint density at radius 1 is 1.42 bits per heavy atom. The Labute approximate surface area is 192 Å². The molecule has 1 unspecified atom stereocenters. The van der Waals surface area contributed by atoms with Gasteiger partial charge in [-0.15, -0.1) is 11.8 Å². The van der Waals surface area contributed by atoms with Crippen molar-refractivity contribution < 1.29 is 24.2 Å². The van der Waals surface area contributed by atoms with Gasteiger partial charge >= 0.3 is 5.97 Å². The number of ether oxygens (including phenoxy) is 1. The molecule has 9 heteroatoms. The number of pyridine rings is 1. The molecule has 31 heavy (non-hydrogen) atoms. The Bertz CT molecular complexity index is 1110. The Hall–Kier alpha value is -2.23. The van der Waals surface area contributed by atoms with Crippen LogP contribution < -0.4 is 0 Å². The van der Waals surface area contributed by atoms with Gasteiger partial charge in [-0.25, -0.2) is 4.79 Å². The van der Waals surface area contributed by atoms with E-state index in [-0.39, 0.29) is 12.2 Å². The molecule has 2 aliphatic rings. The Morgan fingerprint density at radius 2 is 2.13 bits per heavy atom. The molecular weight excluding hydrogens is 484 g/mol. The number of fused-ring (bicyclic) bond motifs is 2. The summed E-state index contributed by atoms with van der Waals surface area (Å²) >= 11 is 4.71. The number of benzene rings is 1. The van der Waals surface area contributed by atoms with Crippen molar-refractivity contribution >= 4 is 56.3 Å². The van der Waals surface area contributed by atoms with E-state index in [1.165, 1.54) is 28.9 Å². The van der Waals surface area contributed by atoms with Crippen molar-refractivity contribution in [2.24, 2.45) is 0 Å². The number of ketones is 1. The highest BCUT2D eigenvalue weighted by Crippen LogP contribution is 2.59. The molecule has 0 bridgehead atoms. The number of hydrogen-bond acceptors (Lipinski definition) is 7. The smallest absolute Gasteiger partial charge is 0.330 e. The number of para-hydroxylation sites is 1. The lowest BCUT2D eigenvalue weighted by atomic mass is 9.84. The number of alkyl halides is 1. The minimum atomic E-state index is -1.64. The molecule has 1 amide bonds. The van der Waals surface area contributed by atoms with Crippen LogP contribution in [0.3, 0.4) is 0 Å². The summed E-state index contributed by atoms with van der Waals surface area (Å²) in [6.45, 7) is 7.23. The lowest BCUT2D eigenvalue weighted by molar-refractivity contribution is -0.166. The lowest BCUT2D eigenvalue weighted by Gasteiger charge is -2.51. The van der Waals surface area contributed by atoms with E-state index >= 15 is 0 Å². The van der Waals surface area contributed by atoms with Gasteiger partial charge in [0.25, 0.3) is 0 Å². The summed E-state index contributed by atoms with van der Waals surface area (Å²) in [6, 6.07) is 8.13. The standard InChI is InChI=1S/C22H21BrN2O5S/c1-4-9-30-18(28)16-21(2,3)31-20-22(23,19(29)25(16)20)17(27)15(26)13-10-12-7-5-6-8-14(12)24-11-13/h4-8,10-11,16-17,20,27H,1,9H2,2-3H3/t16-,17+,20+,22?/m0/s1. The maximum Gasteiger partial charge on any atom is 0.330 e. The van der Waals surface area contributed by atoms with Crippen molar-refractivity contribution in [2.75, 3.05) is 6.61 Å². The molecule has 1 aromatic heterocycles. The van der Waals surface area contributed by atoms with Crippen LogP contribution in [0, 0.1) is 0 Å². The van der Waals surface area contributed by atoms with Crippen LogP contribution in [0.5, 0.6) is 0 Å². The van der Waals surface area contributed by atoms with Gasteiger partial charge in [0.05, 0.1) is 5.52 Å². The molecule has 2 saturated heterocycles. The number of carbonyl (C=O) groups is 3. The number of rotatable bonds is 6. The van der Waals surface area contributed by atoms with E-state index in [1.54, 1.807) is 6.07 Å². The monoisotopic (exact) mass is 504 g/mol. The number of nitrogens with zero attached hydrogens (tertiary/aromatic N) is 2. The van der Waals surface area contributed by atoms with Crippen LogP contribution in [-0.2, 0) is 14.3 Å². The van der Waals surface area contributed by atoms with Gasteiger partial charge in [0.15, 0.2) is 10.1 Å². The highest BCUT2D eigenvalue weighted by molar-refractivity contribution is 9.10. The molecule has 1 N–H and O–H groups in total. The lowest BCUT2D eigenvalue weighted by Crippen LogP contribution is -2.75. The van der Waals surface area contributed by atoms with E-state index in [0.717, 1.165) is 10.9 Å². The fourth-order valence-corrected chi connectivity index (χ4v) is 6.61. The van der Waals surface area contributed by atoms with Gasteiger partial charge in [0, 0.05) is 21.9 Å². The Kier molecular flexibility index (Phi) is 5.47. The molecule has 0 radical (unpaired) electrons. The molecule has 4 rings (SSSR count). The van der Waals surface area contributed by atoms with Crippen LogP contribution in [0.25, 0.3) is 10.9 Å². The molecule has 3 heterocycles. The molecule has 0 aliphatic carbocycles. The van der Waals surface area contributed by atoms with Crippen LogP contribution in [-0.4, -0.2) is 65.8 Å². The second kappa shape index (κ2) is 7.72. The van der Waals surface area contributed by atoms with E-state index < -0.39 is 44.3 Å². The second-order valence-corrected chi connectivity index (χ2v) is 11.1. The number of β-lactam (4-membered cyclic amide) rings is 1. The van der Waals surface area contributed by atoms with E-state index in [2.05, 4.69) is 27.5 Å². The van der Waals surface area contributed by atoms with Crippen molar-refractivity contribution in [1.82, 2.24) is 9.88 Å². The maximum atomic E-state index is 13.1. The highest BCUT2D eigenvalue weighted by atomic mass is 79.9. The zero-order chi connectivity index (χ0) is 22.6.